The van der Waals surface area contributed by atoms with Crippen molar-refractivity contribution in [1.82, 2.24) is 0 Å². The summed E-state index contributed by atoms with van der Waals surface area (Å²) < 4.78 is 0. The van der Waals surface area contributed by atoms with E-state index in [0.29, 0.717) is 5.57 Å². The van der Waals surface area contributed by atoms with Gasteiger partial charge in [0.05, 0.1) is 17.1 Å². The maximum atomic E-state index is 10.2. The molecule has 12 heavy (non-hydrogen) atoms. The number of rotatable bonds is 4. The lowest BCUT2D eigenvalue weighted by molar-refractivity contribution is -0.425. The molecule has 0 radical (unpaired) electrons. The molecule has 4 heteroatoms. The van der Waals surface area contributed by atoms with Gasteiger partial charge in [-0.1, -0.05) is 24.8 Å². The molecular formula is C8H11NO3. The molecule has 0 unspecified atom stereocenters. The Bertz CT molecular complexity index is 241. The molecule has 0 bridgehead atoms. The molecule has 1 N–H and O–H groups in total. The first kappa shape index (κ1) is 10.6. The fourth-order valence-corrected chi connectivity index (χ4v) is 0.589. The Morgan fingerprint density at radius 2 is 2.33 bits per heavy atom. The molecule has 0 atom stereocenters. The van der Waals surface area contributed by atoms with Crippen LogP contribution in [0.4, 0.5) is 0 Å². The van der Waals surface area contributed by atoms with Gasteiger partial charge in [0.25, 0.3) is 0 Å². The summed E-state index contributed by atoms with van der Waals surface area (Å²) in [6, 6.07) is 0. The number of allylic oxidation sites excluding steroid dienone is 3. The zero-order chi connectivity index (χ0) is 9.56. The lowest BCUT2D eigenvalue weighted by Gasteiger charge is -1.95. The van der Waals surface area contributed by atoms with E-state index in [4.69, 9.17) is 5.11 Å². The predicted molar refractivity (Wildman–Crippen MR) is 46.1 cm³/mol. The quantitative estimate of drug-likeness (QED) is 0.391. The largest absolute Gasteiger partial charge is 0.391 e. The van der Waals surface area contributed by atoms with E-state index in [9.17, 15) is 10.1 Å². The van der Waals surface area contributed by atoms with Crippen LogP contribution >= 0.6 is 0 Å². The molecule has 0 heterocycles. The van der Waals surface area contributed by atoms with Gasteiger partial charge in [-0.15, -0.1) is 0 Å². The summed E-state index contributed by atoms with van der Waals surface area (Å²) in [5.41, 5.74) is 0.246. The molecule has 0 saturated carbocycles. The van der Waals surface area contributed by atoms with Crippen LogP contribution in [-0.2, 0) is 0 Å². The van der Waals surface area contributed by atoms with E-state index in [1.54, 1.807) is 6.08 Å². The van der Waals surface area contributed by atoms with Crippen molar-refractivity contribution in [2.24, 2.45) is 0 Å². The number of aliphatic hydroxyl groups is 1. The van der Waals surface area contributed by atoms with Crippen LogP contribution < -0.4 is 0 Å². The van der Waals surface area contributed by atoms with Gasteiger partial charge in [0.1, 0.15) is 0 Å². The Morgan fingerprint density at radius 3 is 2.67 bits per heavy atom. The van der Waals surface area contributed by atoms with Gasteiger partial charge in [0.2, 0.25) is 5.70 Å². The first-order chi connectivity index (χ1) is 5.63. The highest BCUT2D eigenvalue weighted by molar-refractivity contribution is 5.23. The van der Waals surface area contributed by atoms with Crippen molar-refractivity contribution < 1.29 is 10.0 Å². The highest BCUT2D eigenvalue weighted by Crippen LogP contribution is 2.05. The molecule has 0 saturated heterocycles. The van der Waals surface area contributed by atoms with Crippen molar-refractivity contribution in [1.29, 1.82) is 0 Å². The van der Waals surface area contributed by atoms with Crippen molar-refractivity contribution in [2.45, 2.75) is 6.92 Å². The topological polar surface area (TPSA) is 63.4 Å². The number of nitro groups is 1. The van der Waals surface area contributed by atoms with Crippen LogP contribution in [0.2, 0.25) is 0 Å². The molecule has 0 spiro atoms. The van der Waals surface area contributed by atoms with Crippen LogP contribution in [0.15, 0.2) is 36.1 Å². The number of hydrogen-bond acceptors (Lipinski definition) is 3. The van der Waals surface area contributed by atoms with Gasteiger partial charge in [-0.25, -0.2) is 0 Å². The average molecular weight is 169 g/mol. The summed E-state index contributed by atoms with van der Waals surface area (Å²) >= 11 is 0. The van der Waals surface area contributed by atoms with E-state index in [2.05, 4.69) is 6.58 Å². The van der Waals surface area contributed by atoms with Gasteiger partial charge in [0, 0.05) is 6.92 Å². The second-order valence-corrected chi connectivity index (χ2v) is 2.12. The Hall–Kier alpha value is -1.42. The zero-order valence-electron chi connectivity index (χ0n) is 6.86. The third kappa shape index (κ3) is 3.12. The van der Waals surface area contributed by atoms with Gasteiger partial charge >= 0.3 is 0 Å². The predicted octanol–water partition coefficient (Wildman–Crippen LogP) is 1.27. The molecule has 0 aliphatic carbocycles. The maximum absolute atomic E-state index is 10.2. The van der Waals surface area contributed by atoms with Gasteiger partial charge in [-0.3, -0.25) is 10.1 Å². The summed E-state index contributed by atoms with van der Waals surface area (Å²) in [7, 11) is 0. The van der Waals surface area contributed by atoms with Gasteiger partial charge in [-0.2, -0.15) is 0 Å². The summed E-state index contributed by atoms with van der Waals surface area (Å²) in [5.74, 6) is 0. The molecule has 66 valence electrons. The van der Waals surface area contributed by atoms with Crippen molar-refractivity contribution in [3.8, 4) is 0 Å². The third-order valence-electron chi connectivity index (χ3n) is 1.34. The molecular weight excluding hydrogens is 158 g/mol. The zero-order valence-corrected chi connectivity index (χ0v) is 6.86. The Labute approximate surface area is 70.7 Å². The molecule has 0 aliphatic heterocycles. The highest BCUT2D eigenvalue weighted by Gasteiger charge is 2.07. The molecule has 0 aromatic carbocycles. The Morgan fingerprint density at radius 1 is 1.75 bits per heavy atom. The fourth-order valence-electron chi connectivity index (χ4n) is 0.589. The minimum Gasteiger partial charge on any atom is -0.391 e. The first-order valence-corrected chi connectivity index (χ1v) is 3.37. The standard InChI is InChI=1S/C8H11NO3/c1-3-4-5-8(6-10)7(2)9(11)12/h3-5,10H,1,6H2,2H3/b5-4-,8-7-. The minimum absolute atomic E-state index is 0.0457. The van der Waals surface area contributed by atoms with Crippen LogP contribution in [0.25, 0.3) is 0 Å². The summed E-state index contributed by atoms with van der Waals surface area (Å²) in [5, 5.41) is 19.0. The third-order valence-corrected chi connectivity index (χ3v) is 1.34. The van der Waals surface area contributed by atoms with Crippen molar-refractivity contribution >= 4 is 0 Å². The Kier molecular flexibility index (Phi) is 4.64. The highest BCUT2D eigenvalue weighted by atomic mass is 16.6. The lowest BCUT2D eigenvalue weighted by Crippen LogP contribution is -2.01. The van der Waals surface area contributed by atoms with E-state index in [1.165, 1.54) is 19.1 Å². The first-order valence-electron chi connectivity index (χ1n) is 3.37. The average Bonchev–Trinajstić information content (AvgIpc) is 2.05. The molecule has 0 aliphatic rings. The molecule has 0 aromatic rings. The molecule has 0 fully saturated rings. The van der Waals surface area contributed by atoms with E-state index in [-0.39, 0.29) is 12.3 Å². The van der Waals surface area contributed by atoms with Crippen LogP contribution in [0, 0.1) is 10.1 Å². The SMILES string of the molecule is C=C/C=C\C(CO)=C(/C)[N+](=O)[O-]. The maximum Gasteiger partial charge on any atom is 0.248 e. The number of nitrogens with zero attached hydrogens (tertiary/aromatic N) is 1. The molecule has 0 aromatic heterocycles. The molecule has 0 rings (SSSR count). The van der Waals surface area contributed by atoms with Gasteiger partial charge < -0.3 is 5.11 Å². The van der Waals surface area contributed by atoms with Crippen LogP contribution in [0.1, 0.15) is 6.92 Å². The summed E-state index contributed by atoms with van der Waals surface area (Å²) in [4.78, 5) is 9.71. The smallest absolute Gasteiger partial charge is 0.248 e. The monoisotopic (exact) mass is 169 g/mol. The second-order valence-electron chi connectivity index (χ2n) is 2.12. The normalized spacial score (nSPS) is 12.8. The fraction of sp³-hybridized carbons (Fsp3) is 0.250. The minimum atomic E-state index is -0.529. The van der Waals surface area contributed by atoms with E-state index >= 15 is 0 Å². The van der Waals surface area contributed by atoms with Gasteiger partial charge in [0.15, 0.2) is 0 Å². The molecule has 4 nitrogen and oxygen atoms in total. The van der Waals surface area contributed by atoms with Crippen molar-refractivity contribution in [2.75, 3.05) is 6.61 Å². The van der Waals surface area contributed by atoms with E-state index in [0.717, 1.165) is 0 Å². The number of hydrogen-bond donors (Lipinski definition) is 1. The number of aliphatic hydroxyl groups excluding tert-OH is 1. The van der Waals surface area contributed by atoms with Crippen molar-refractivity contribution in [3.05, 3.63) is 46.2 Å². The summed E-state index contributed by atoms with van der Waals surface area (Å²) in [6.07, 6.45) is 4.49. The molecule has 0 amide bonds. The summed E-state index contributed by atoms with van der Waals surface area (Å²) in [6.45, 7) is 4.42. The van der Waals surface area contributed by atoms with Crippen LogP contribution in [0.3, 0.4) is 0 Å². The second kappa shape index (κ2) is 5.26. The van der Waals surface area contributed by atoms with Gasteiger partial charge in [-0.05, 0) is 0 Å². The van der Waals surface area contributed by atoms with Crippen LogP contribution in [0.5, 0.6) is 0 Å². The van der Waals surface area contributed by atoms with E-state index < -0.39 is 4.92 Å². The van der Waals surface area contributed by atoms with E-state index in [1.807, 2.05) is 0 Å². The van der Waals surface area contributed by atoms with Crippen LogP contribution in [-0.4, -0.2) is 16.6 Å². The Balaban J connectivity index is 4.72. The lowest BCUT2D eigenvalue weighted by atomic mass is 10.2. The van der Waals surface area contributed by atoms with Crippen molar-refractivity contribution in [3.63, 3.8) is 0 Å².